The van der Waals surface area contributed by atoms with E-state index in [0.717, 1.165) is 6.54 Å². The summed E-state index contributed by atoms with van der Waals surface area (Å²) in [6.07, 6.45) is 2.44. The summed E-state index contributed by atoms with van der Waals surface area (Å²) in [5.41, 5.74) is 1.22. The molecule has 0 atom stereocenters. The van der Waals surface area contributed by atoms with Crippen LogP contribution >= 0.6 is 0 Å². The van der Waals surface area contributed by atoms with Gasteiger partial charge in [0.15, 0.2) is 0 Å². The summed E-state index contributed by atoms with van der Waals surface area (Å²) in [6, 6.07) is 10.4. The van der Waals surface area contributed by atoms with Crippen molar-refractivity contribution in [3.63, 3.8) is 0 Å². The molecule has 0 aromatic heterocycles. The zero-order valence-corrected chi connectivity index (χ0v) is 9.87. The van der Waals surface area contributed by atoms with Gasteiger partial charge in [0, 0.05) is 12.2 Å². The van der Waals surface area contributed by atoms with Gasteiger partial charge in [-0.15, -0.1) is 0 Å². The van der Waals surface area contributed by atoms with E-state index in [-0.39, 0.29) is 0 Å². The summed E-state index contributed by atoms with van der Waals surface area (Å²) in [4.78, 5) is 2.38. The maximum absolute atomic E-state index is 3.42. The third kappa shape index (κ3) is 5.43. The van der Waals surface area contributed by atoms with Gasteiger partial charge < -0.3 is 10.2 Å². The first kappa shape index (κ1) is 12.1. The van der Waals surface area contributed by atoms with E-state index in [1.807, 2.05) is 6.07 Å². The van der Waals surface area contributed by atoms with Gasteiger partial charge >= 0.3 is 0 Å². The quantitative estimate of drug-likeness (QED) is 0.690. The fraction of sp³-hybridized carbons (Fsp3) is 0.538. The van der Waals surface area contributed by atoms with Crippen molar-refractivity contribution in [2.75, 3.05) is 32.0 Å². The highest BCUT2D eigenvalue weighted by Gasteiger charge is 1.95. The molecule has 2 heteroatoms. The molecule has 0 saturated carbocycles. The molecule has 0 unspecified atom stereocenters. The van der Waals surface area contributed by atoms with Crippen molar-refractivity contribution < 1.29 is 0 Å². The Hall–Kier alpha value is -1.02. The van der Waals surface area contributed by atoms with Crippen molar-refractivity contribution in [2.45, 2.75) is 19.8 Å². The van der Waals surface area contributed by atoms with E-state index in [1.54, 1.807) is 0 Å². The van der Waals surface area contributed by atoms with Crippen molar-refractivity contribution in [1.29, 1.82) is 0 Å². The van der Waals surface area contributed by atoms with Crippen LogP contribution < -0.4 is 5.32 Å². The SMILES string of the molecule is CCCN(C)CCCNc1ccccc1. The molecule has 0 fully saturated rings. The lowest BCUT2D eigenvalue weighted by Crippen LogP contribution is -2.22. The van der Waals surface area contributed by atoms with Gasteiger partial charge in [-0.3, -0.25) is 0 Å². The van der Waals surface area contributed by atoms with E-state index in [1.165, 1.54) is 31.6 Å². The predicted octanol–water partition coefficient (Wildman–Crippen LogP) is 2.83. The van der Waals surface area contributed by atoms with Crippen molar-refractivity contribution in [3.8, 4) is 0 Å². The Bertz CT molecular complexity index is 246. The molecule has 0 spiro atoms. The maximum Gasteiger partial charge on any atom is 0.0340 e. The molecular weight excluding hydrogens is 184 g/mol. The van der Waals surface area contributed by atoms with E-state index < -0.39 is 0 Å². The minimum atomic E-state index is 1.05. The third-order valence-corrected chi connectivity index (χ3v) is 2.42. The first-order valence-electron chi connectivity index (χ1n) is 5.80. The number of benzene rings is 1. The van der Waals surface area contributed by atoms with Crippen LogP contribution in [0.5, 0.6) is 0 Å². The normalized spacial score (nSPS) is 10.6. The van der Waals surface area contributed by atoms with E-state index in [4.69, 9.17) is 0 Å². The fourth-order valence-corrected chi connectivity index (χ4v) is 1.63. The fourth-order valence-electron chi connectivity index (χ4n) is 1.63. The molecule has 84 valence electrons. The lowest BCUT2D eigenvalue weighted by atomic mass is 10.3. The molecule has 0 aliphatic rings. The van der Waals surface area contributed by atoms with Crippen LogP contribution in [0.25, 0.3) is 0 Å². The highest BCUT2D eigenvalue weighted by atomic mass is 15.1. The predicted molar refractivity (Wildman–Crippen MR) is 67.3 cm³/mol. The summed E-state index contributed by atoms with van der Waals surface area (Å²) in [5.74, 6) is 0. The molecule has 1 N–H and O–H groups in total. The molecule has 1 aromatic rings. The lowest BCUT2D eigenvalue weighted by Gasteiger charge is -2.15. The number of rotatable bonds is 7. The van der Waals surface area contributed by atoms with Crippen LogP contribution in [-0.4, -0.2) is 31.6 Å². The lowest BCUT2D eigenvalue weighted by molar-refractivity contribution is 0.333. The van der Waals surface area contributed by atoms with Gasteiger partial charge in [0.2, 0.25) is 0 Å². The minimum absolute atomic E-state index is 1.05. The third-order valence-electron chi connectivity index (χ3n) is 2.42. The molecule has 0 heterocycles. The van der Waals surface area contributed by atoms with Crippen LogP contribution in [0, 0.1) is 0 Å². The molecule has 0 aliphatic heterocycles. The van der Waals surface area contributed by atoms with E-state index >= 15 is 0 Å². The summed E-state index contributed by atoms with van der Waals surface area (Å²) in [6.45, 7) is 5.65. The molecule has 15 heavy (non-hydrogen) atoms. The average molecular weight is 206 g/mol. The Morgan fingerprint density at radius 1 is 1.13 bits per heavy atom. The van der Waals surface area contributed by atoms with E-state index in [0.29, 0.717) is 0 Å². The van der Waals surface area contributed by atoms with Gasteiger partial charge in [-0.2, -0.15) is 0 Å². The summed E-state index contributed by atoms with van der Waals surface area (Å²) in [5, 5.41) is 3.42. The van der Waals surface area contributed by atoms with Gasteiger partial charge in [0.05, 0.1) is 0 Å². The van der Waals surface area contributed by atoms with E-state index in [9.17, 15) is 0 Å². The van der Waals surface area contributed by atoms with Crippen molar-refractivity contribution in [3.05, 3.63) is 30.3 Å². The molecule has 0 saturated heterocycles. The Morgan fingerprint density at radius 2 is 1.87 bits per heavy atom. The van der Waals surface area contributed by atoms with Gasteiger partial charge in [-0.05, 0) is 45.1 Å². The topological polar surface area (TPSA) is 15.3 Å². The molecule has 0 radical (unpaired) electrons. The largest absolute Gasteiger partial charge is 0.385 e. The minimum Gasteiger partial charge on any atom is -0.385 e. The second-order valence-corrected chi connectivity index (χ2v) is 3.95. The smallest absolute Gasteiger partial charge is 0.0340 e. The second-order valence-electron chi connectivity index (χ2n) is 3.95. The van der Waals surface area contributed by atoms with Crippen molar-refractivity contribution in [1.82, 2.24) is 4.90 Å². The first-order chi connectivity index (χ1) is 7.33. The average Bonchev–Trinajstić information content (AvgIpc) is 2.26. The van der Waals surface area contributed by atoms with Gasteiger partial charge in [-0.1, -0.05) is 25.1 Å². The Kier molecular flexibility index (Phi) is 5.86. The number of nitrogens with one attached hydrogen (secondary N) is 1. The number of anilines is 1. The Morgan fingerprint density at radius 3 is 2.53 bits per heavy atom. The number of hydrogen-bond donors (Lipinski definition) is 1. The van der Waals surface area contributed by atoms with E-state index in [2.05, 4.69) is 48.5 Å². The summed E-state index contributed by atoms with van der Waals surface area (Å²) in [7, 11) is 2.19. The van der Waals surface area contributed by atoms with Crippen LogP contribution in [0.1, 0.15) is 19.8 Å². The molecule has 1 aromatic carbocycles. The molecule has 0 aliphatic carbocycles. The van der Waals surface area contributed by atoms with Crippen LogP contribution in [-0.2, 0) is 0 Å². The Balaban J connectivity index is 2.07. The highest BCUT2D eigenvalue weighted by molar-refractivity contribution is 5.42. The summed E-state index contributed by atoms with van der Waals surface area (Å²) < 4.78 is 0. The van der Waals surface area contributed by atoms with Gasteiger partial charge in [0.1, 0.15) is 0 Å². The van der Waals surface area contributed by atoms with Gasteiger partial charge in [0.25, 0.3) is 0 Å². The number of hydrogen-bond acceptors (Lipinski definition) is 2. The first-order valence-corrected chi connectivity index (χ1v) is 5.80. The Labute approximate surface area is 93.3 Å². The number of nitrogens with zero attached hydrogens (tertiary/aromatic N) is 1. The van der Waals surface area contributed by atoms with Crippen LogP contribution in [0.15, 0.2) is 30.3 Å². The van der Waals surface area contributed by atoms with Crippen molar-refractivity contribution >= 4 is 5.69 Å². The van der Waals surface area contributed by atoms with Gasteiger partial charge in [-0.25, -0.2) is 0 Å². The highest BCUT2D eigenvalue weighted by Crippen LogP contribution is 2.04. The zero-order chi connectivity index (χ0) is 10.9. The van der Waals surface area contributed by atoms with Crippen LogP contribution in [0.2, 0.25) is 0 Å². The molecule has 2 nitrogen and oxygen atoms in total. The van der Waals surface area contributed by atoms with Crippen LogP contribution in [0.3, 0.4) is 0 Å². The standard InChI is InChI=1S/C13H22N2/c1-3-11-15(2)12-7-10-14-13-8-5-4-6-9-13/h4-6,8-9,14H,3,7,10-12H2,1-2H3. The zero-order valence-electron chi connectivity index (χ0n) is 9.87. The molecule has 0 bridgehead atoms. The molecule has 0 amide bonds. The maximum atomic E-state index is 3.42. The summed E-state index contributed by atoms with van der Waals surface area (Å²) >= 11 is 0. The molecule has 1 rings (SSSR count). The van der Waals surface area contributed by atoms with Crippen molar-refractivity contribution in [2.24, 2.45) is 0 Å². The molecular formula is C13H22N2. The van der Waals surface area contributed by atoms with Crippen LogP contribution in [0.4, 0.5) is 5.69 Å². The number of para-hydroxylation sites is 1. The monoisotopic (exact) mass is 206 g/mol. The second kappa shape index (κ2) is 7.30.